The first-order chi connectivity index (χ1) is 32.8. The van der Waals surface area contributed by atoms with Gasteiger partial charge in [-0.2, -0.15) is 9.57 Å². The highest BCUT2D eigenvalue weighted by atomic mass is 35.5. The molecule has 0 radical (unpaired) electrons. The third-order valence-electron chi connectivity index (χ3n) is 12.3. The number of rotatable bonds is 13. The molecule has 2 N–H and O–H groups in total. The molecule has 3 aliphatic rings. The van der Waals surface area contributed by atoms with Crippen molar-refractivity contribution in [2.45, 2.75) is 56.0 Å². The van der Waals surface area contributed by atoms with Crippen molar-refractivity contribution < 1.29 is 42.1 Å². The molecule has 1 fully saturated rings. The maximum Gasteiger partial charge on any atom is 0.326 e. The topological polar surface area (TPSA) is 181 Å². The zero-order valence-electron chi connectivity index (χ0n) is 36.7. The quantitative estimate of drug-likeness (QED) is 0.114. The number of benzene rings is 5. The zero-order valence-corrected chi connectivity index (χ0v) is 39.1. The molecule has 1 aromatic heterocycles. The molecule has 3 aliphatic heterocycles. The number of nitrogens with zero attached hydrogens (tertiary/aromatic N) is 4. The van der Waals surface area contributed by atoms with E-state index in [1.165, 1.54) is 6.07 Å². The summed E-state index contributed by atoms with van der Waals surface area (Å²) in [6.07, 6.45) is -0.635. The van der Waals surface area contributed by atoms with Gasteiger partial charge < -0.3 is 34.3 Å². The number of carboxylic acids is 1. The Labute approximate surface area is 403 Å². The summed E-state index contributed by atoms with van der Waals surface area (Å²) >= 11 is 12.2. The number of pyridine rings is 1. The van der Waals surface area contributed by atoms with Crippen LogP contribution in [0.25, 0.3) is 11.1 Å². The van der Waals surface area contributed by atoms with E-state index in [0.29, 0.717) is 88.3 Å². The fourth-order valence-corrected chi connectivity index (χ4v) is 10.6. The van der Waals surface area contributed by atoms with Gasteiger partial charge in [-0.15, -0.1) is 0 Å². The number of halogens is 2. The fourth-order valence-electron chi connectivity index (χ4n) is 8.52. The van der Waals surface area contributed by atoms with Gasteiger partial charge in [-0.25, -0.2) is 18.2 Å². The van der Waals surface area contributed by atoms with Crippen LogP contribution < -0.4 is 24.4 Å². The van der Waals surface area contributed by atoms with E-state index in [4.69, 9.17) is 47.4 Å². The van der Waals surface area contributed by atoms with E-state index in [9.17, 15) is 23.1 Å². The number of sulfonamides is 1. The van der Waals surface area contributed by atoms with E-state index >= 15 is 0 Å². The van der Waals surface area contributed by atoms with Crippen molar-refractivity contribution in [2.75, 3.05) is 37.8 Å². The van der Waals surface area contributed by atoms with E-state index in [-0.39, 0.29) is 36.6 Å². The molecule has 1 unspecified atom stereocenters. The number of carboxylic acid groups (broad SMARTS) is 1. The monoisotopic (exact) mass is 973 g/mol. The minimum Gasteiger partial charge on any atom is -0.489 e. The third kappa shape index (κ3) is 10.1. The standard InChI is InChI=1S/C51H45Cl2N5O9S/c1-31-48(16-17-49(55-31)57-18-20-64-21-19-57)68(62,63)58-28-39-26-46-45(66-30-47(67-46)37-11-13-40(14-12-37)65-29-34-6-15-41(52)42(53)22-34)25-38(39)24-44(58)50(59)56-43(51(60)61)23-32-2-7-35(8-3-32)36-9-4-33(27-54)5-10-36/h2-17,22,25-26,43-44,47H,18-21,23-24,28-30H2,1H3,(H,56,59)(H,60,61)/t43-,44-,47?/m0/s1. The van der Waals surface area contributed by atoms with Crippen molar-refractivity contribution in [1.29, 1.82) is 5.26 Å². The van der Waals surface area contributed by atoms with Gasteiger partial charge in [0, 0.05) is 26.1 Å². The molecule has 1 saturated heterocycles. The molecule has 9 rings (SSSR count). The molecular formula is C51H45Cl2N5O9S. The van der Waals surface area contributed by atoms with Gasteiger partial charge in [0.15, 0.2) is 17.6 Å². The second-order valence-corrected chi connectivity index (χ2v) is 19.4. The van der Waals surface area contributed by atoms with E-state index in [2.05, 4.69) is 16.4 Å². The fraction of sp³-hybridized carbons (Fsp3) is 0.255. The van der Waals surface area contributed by atoms with Crippen LogP contribution in [0.5, 0.6) is 17.2 Å². The number of fused-ring (bicyclic) bond motifs is 2. The first kappa shape index (κ1) is 46.4. The molecule has 17 heteroatoms. The molecule has 4 heterocycles. The Hall–Kier alpha value is -6.67. The summed E-state index contributed by atoms with van der Waals surface area (Å²) in [5.41, 5.74) is 6.12. The van der Waals surface area contributed by atoms with Gasteiger partial charge >= 0.3 is 5.97 Å². The van der Waals surface area contributed by atoms with Gasteiger partial charge in [-0.1, -0.05) is 77.8 Å². The SMILES string of the molecule is Cc1nc(N2CCOCC2)ccc1S(=O)(=O)N1Cc2cc3c(cc2C[C@H]1C(=O)N[C@@H](Cc1ccc(-c2ccc(C#N)cc2)cc1)C(=O)O)OCC(c1ccc(OCc2ccc(Cl)c(Cl)c2)cc1)O3. The van der Waals surface area contributed by atoms with Crippen molar-refractivity contribution in [3.63, 3.8) is 0 Å². The summed E-state index contributed by atoms with van der Waals surface area (Å²) in [5, 5.41) is 23.1. The number of carbonyl (C=O) groups excluding carboxylic acids is 1. The number of carbonyl (C=O) groups is 2. The minimum absolute atomic E-state index is 0.0643. The summed E-state index contributed by atoms with van der Waals surface area (Å²) < 4.78 is 55.1. The molecule has 1 amide bonds. The van der Waals surface area contributed by atoms with Crippen molar-refractivity contribution in [2.24, 2.45) is 0 Å². The van der Waals surface area contributed by atoms with Crippen LogP contribution in [-0.2, 0) is 50.3 Å². The molecule has 6 aromatic rings. The lowest BCUT2D eigenvalue weighted by atomic mass is 9.93. The van der Waals surface area contributed by atoms with E-state index in [1.54, 1.807) is 61.5 Å². The van der Waals surface area contributed by atoms with Crippen LogP contribution in [0.15, 0.2) is 120 Å². The highest BCUT2D eigenvalue weighted by Gasteiger charge is 2.42. The number of amides is 1. The molecule has 0 spiro atoms. The zero-order chi connectivity index (χ0) is 47.5. The second kappa shape index (κ2) is 19.9. The van der Waals surface area contributed by atoms with Crippen LogP contribution in [0, 0.1) is 18.3 Å². The molecule has 0 saturated carbocycles. The Balaban J connectivity index is 0.959. The predicted octanol–water partition coefficient (Wildman–Crippen LogP) is 8.09. The number of aryl methyl sites for hydroxylation is 1. The Bertz CT molecular complexity index is 3020. The normalized spacial score (nSPS) is 17.4. The van der Waals surface area contributed by atoms with Crippen molar-refractivity contribution in [3.05, 3.63) is 164 Å². The van der Waals surface area contributed by atoms with Crippen molar-refractivity contribution in [3.8, 4) is 34.4 Å². The highest BCUT2D eigenvalue weighted by Crippen LogP contribution is 2.42. The maximum atomic E-state index is 14.9. The first-order valence-corrected chi connectivity index (χ1v) is 24.1. The largest absolute Gasteiger partial charge is 0.489 e. The third-order valence-corrected chi connectivity index (χ3v) is 15.0. The Morgan fingerprint density at radius 2 is 1.57 bits per heavy atom. The van der Waals surface area contributed by atoms with Gasteiger partial charge in [0.2, 0.25) is 15.9 Å². The maximum absolute atomic E-state index is 14.9. The molecule has 5 aromatic carbocycles. The molecule has 0 aliphatic carbocycles. The number of nitriles is 1. The van der Waals surface area contributed by atoms with Gasteiger partial charge in [-0.05, 0) is 113 Å². The predicted molar refractivity (Wildman–Crippen MR) is 255 cm³/mol. The van der Waals surface area contributed by atoms with Gasteiger partial charge in [0.25, 0.3) is 0 Å². The van der Waals surface area contributed by atoms with Crippen LogP contribution in [-0.4, -0.2) is 79.7 Å². The summed E-state index contributed by atoms with van der Waals surface area (Å²) in [6, 6.07) is 33.1. The van der Waals surface area contributed by atoms with E-state index in [1.807, 2.05) is 59.5 Å². The number of aliphatic carboxylic acids is 1. The number of morpholine rings is 1. The lowest BCUT2D eigenvalue weighted by Gasteiger charge is -2.37. The Morgan fingerprint density at radius 3 is 2.25 bits per heavy atom. The smallest absolute Gasteiger partial charge is 0.326 e. The second-order valence-electron chi connectivity index (χ2n) is 16.7. The average Bonchev–Trinajstić information content (AvgIpc) is 3.35. The summed E-state index contributed by atoms with van der Waals surface area (Å²) in [5.74, 6) is 0.0412. The molecule has 14 nitrogen and oxygen atoms in total. The molecule has 348 valence electrons. The average molecular weight is 975 g/mol. The number of ether oxygens (including phenoxy) is 4. The highest BCUT2D eigenvalue weighted by molar-refractivity contribution is 7.89. The Morgan fingerprint density at radius 1 is 0.882 bits per heavy atom. The van der Waals surface area contributed by atoms with Gasteiger partial charge in [0.05, 0.1) is 40.6 Å². The number of nitrogens with one attached hydrogen (secondary N) is 1. The molecule has 68 heavy (non-hydrogen) atoms. The Kier molecular flexibility index (Phi) is 13.6. The van der Waals surface area contributed by atoms with Crippen LogP contribution in [0.3, 0.4) is 0 Å². The van der Waals surface area contributed by atoms with Crippen LogP contribution in [0.2, 0.25) is 10.0 Å². The summed E-state index contributed by atoms with van der Waals surface area (Å²) in [4.78, 5) is 33.8. The van der Waals surface area contributed by atoms with Crippen LogP contribution in [0.4, 0.5) is 5.82 Å². The van der Waals surface area contributed by atoms with Crippen LogP contribution in [0.1, 0.15) is 45.2 Å². The van der Waals surface area contributed by atoms with Gasteiger partial charge in [0.1, 0.15) is 41.8 Å². The first-order valence-electron chi connectivity index (χ1n) is 21.9. The van der Waals surface area contributed by atoms with E-state index in [0.717, 1.165) is 26.6 Å². The van der Waals surface area contributed by atoms with Crippen LogP contribution >= 0.6 is 23.2 Å². The molecule has 0 bridgehead atoms. The number of aromatic nitrogens is 1. The number of anilines is 1. The van der Waals surface area contributed by atoms with Crippen molar-refractivity contribution in [1.82, 2.24) is 14.6 Å². The molecule has 3 atom stereocenters. The summed E-state index contributed by atoms with van der Waals surface area (Å²) in [7, 11) is -4.43. The van der Waals surface area contributed by atoms with Gasteiger partial charge in [-0.3, -0.25) is 4.79 Å². The number of hydrogen-bond acceptors (Lipinski definition) is 11. The lowest BCUT2D eigenvalue weighted by Crippen LogP contribution is -2.55. The lowest BCUT2D eigenvalue weighted by molar-refractivity contribution is -0.142. The molecular weight excluding hydrogens is 930 g/mol. The summed E-state index contributed by atoms with van der Waals surface area (Å²) in [6.45, 7) is 4.12. The van der Waals surface area contributed by atoms with E-state index < -0.39 is 40.1 Å². The van der Waals surface area contributed by atoms with Crippen molar-refractivity contribution >= 4 is 50.9 Å². The minimum atomic E-state index is -4.43. The number of hydrogen-bond donors (Lipinski definition) is 2.